The fraction of sp³-hybridized carbons (Fsp3) is 0.704. The number of fused-ring (bicyclic) bond motifs is 2. The molecule has 4 rings (SSSR count). The fourth-order valence-electron chi connectivity index (χ4n) is 6.82. The van der Waals surface area contributed by atoms with Gasteiger partial charge in [0.05, 0.1) is 0 Å². The van der Waals surface area contributed by atoms with Crippen LogP contribution in [0.1, 0.15) is 77.2 Å². The molecule has 36 heavy (non-hydrogen) atoms. The molecule has 6 N–H and O–H groups in total. The lowest BCUT2D eigenvalue weighted by Gasteiger charge is -2.31. The van der Waals surface area contributed by atoms with E-state index in [0.717, 1.165) is 38.5 Å². The molecule has 9 heteroatoms. The number of nitrogen functional groups attached to an aromatic ring is 1. The number of carbonyl (C=O) groups excluding carboxylic acids is 2. The first-order chi connectivity index (χ1) is 17.1. The molecule has 198 valence electrons. The number of nitrogens with two attached hydrogens (primary N) is 1. The summed E-state index contributed by atoms with van der Waals surface area (Å²) in [6.07, 6.45) is 11.1. The Morgan fingerprint density at radius 3 is 2.39 bits per heavy atom. The smallest absolute Gasteiger partial charge is 0.326 e. The van der Waals surface area contributed by atoms with Gasteiger partial charge < -0.3 is 26.8 Å². The van der Waals surface area contributed by atoms with Crippen molar-refractivity contribution in [1.82, 2.24) is 20.9 Å². The van der Waals surface area contributed by atoms with Gasteiger partial charge in [-0.25, -0.2) is 14.6 Å². The number of hydrogen-bond acceptors (Lipinski definition) is 5. The fourth-order valence-corrected chi connectivity index (χ4v) is 6.82. The Labute approximate surface area is 213 Å². The molecule has 0 aliphatic heterocycles. The average molecular weight is 500 g/mol. The third-order valence-electron chi connectivity index (χ3n) is 8.99. The maximum absolute atomic E-state index is 13.4. The summed E-state index contributed by atoms with van der Waals surface area (Å²) < 4.78 is 0. The second kappa shape index (κ2) is 11.0. The highest BCUT2D eigenvalue weighted by molar-refractivity contribution is 5.89. The molecule has 1 aromatic rings. The first-order valence-electron chi connectivity index (χ1n) is 13.4. The Hall–Kier alpha value is -2.84. The van der Waals surface area contributed by atoms with Crippen molar-refractivity contribution in [1.29, 1.82) is 0 Å². The molecule has 1 aromatic heterocycles. The van der Waals surface area contributed by atoms with Gasteiger partial charge in [0.1, 0.15) is 17.9 Å². The number of carbonyl (C=O) groups is 3. The number of aromatic nitrogens is 1. The summed E-state index contributed by atoms with van der Waals surface area (Å²) in [6, 6.07) is 0.928. The third kappa shape index (κ3) is 6.10. The highest BCUT2D eigenvalue weighted by atomic mass is 16.4. The molecule has 0 spiro atoms. The van der Waals surface area contributed by atoms with E-state index in [9.17, 15) is 19.5 Å². The molecule has 0 saturated heterocycles. The molecule has 2 bridgehead atoms. The number of rotatable bonds is 9. The number of pyridine rings is 1. The SMILES string of the molecule is CC1(C)C2CC[C@@H]1C[C@@H]2NC(=O)[C@@H](CC1CCCCC1)NC(=O)N[C@@H](Cc1ccc(N)nc1)C(=O)O. The van der Waals surface area contributed by atoms with E-state index in [0.29, 0.717) is 35.6 Å². The van der Waals surface area contributed by atoms with Crippen LogP contribution in [0.3, 0.4) is 0 Å². The average Bonchev–Trinajstić information content (AvgIpc) is 3.26. The number of carboxylic acids is 1. The minimum Gasteiger partial charge on any atom is -0.480 e. The van der Waals surface area contributed by atoms with Gasteiger partial charge in [-0.15, -0.1) is 0 Å². The van der Waals surface area contributed by atoms with Gasteiger partial charge in [-0.3, -0.25) is 4.79 Å². The number of urea groups is 1. The monoisotopic (exact) mass is 499 g/mol. The molecule has 3 aliphatic carbocycles. The summed E-state index contributed by atoms with van der Waals surface area (Å²) in [5.74, 6) is 0.493. The van der Waals surface area contributed by atoms with Gasteiger partial charge in [0, 0.05) is 18.7 Å². The van der Waals surface area contributed by atoms with Crippen molar-refractivity contribution in [3.8, 4) is 0 Å². The minimum atomic E-state index is -1.15. The van der Waals surface area contributed by atoms with Crippen LogP contribution in [0.2, 0.25) is 0 Å². The molecule has 1 unspecified atom stereocenters. The van der Waals surface area contributed by atoms with Crippen molar-refractivity contribution < 1.29 is 19.5 Å². The molecule has 1 heterocycles. The lowest BCUT2D eigenvalue weighted by Crippen LogP contribution is -2.56. The predicted molar refractivity (Wildman–Crippen MR) is 137 cm³/mol. The summed E-state index contributed by atoms with van der Waals surface area (Å²) in [5, 5.41) is 18.3. The Kier molecular flexibility index (Phi) is 8.05. The van der Waals surface area contributed by atoms with E-state index in [2.05, 4.69) is 34.8 Å². The van der Waals surface area contributed by atoms with E-state index in [4.69, 9.17) is 5.73 Å². The van der Waals surface area contributed by atoms with Gasteiger partial charge in [-0.1, -0.05) is 52.0 Å². The Morgan fingerprint density at radius 1 is 1.08 bits per heavy atom. The maximum Gasteiger partial charge on any atom is 0.326 e. The number of carboxylic acid groups (broad SMARTS) is 1. The number of hydrogen-bond donors (Lipinski definition) is 5. The molecule has 3 aliphatic rings. The summed E-state index contributed by atoms with van der Waals surface area (Å²) in [5.41, 5.74) is 6.48. The summed E-state index contributed by atoms with van der Waals surface area (Å²) in [4.78, 5) is 42.2. The summed E-state index contributed by atoms with van der Waals surface area (Å²) in [7, 11) is 0. The Bertz CT molecular complexity index is 944. The van der Waals surface area contributed by atoms with Crippen molar-refractivity contribution in [3.63, 3.8) is 0 Å². The first-order valence-corrected chi connectivity index (χ1v) is 13.4. The molecule has 3 fully saturated rings. The normalized spacial score (nSPS) is 26.7. The van der Waals surface area contributed by atoms with Crippen LogP contribution in [0.25, 0.3) is 0 Å². The van der Waals surface area contributed by atoms with Crippen LogP contribution in [0.15, 0.2) is 18.3 Å². The number of aliphatic carboxylic acids is 1. The van der Waals surface area contributed by atoms with E-state index in [1.165, 1.54) is 19.0 Å². The van der Waals surface area contributed by atoms with Gasteiger partial charge in [-0.2, -0.15) is 0 Å². The molecule has 9 nitrogen and oxygen atoms in total. The van der Waals surface area contributed by atoms with Crippen LogP contribution in [0.4, 0.5) is 10.6 Å². The van der Waals surface area contributed by atoms with Crippen molar-refractivity contribution in [2.75, 3.05) is 5.73 Å². The van der Waals surface area contributed by atoms with E-state index in [1.807, 2.05) is 0 Å². The van der Waals surface area contributed by atoms with Crippen molar-refractivity contribution >= 4 is 23.7 Å². The highest BCUT2D eigenvalue weighted by Gasteiger charge is 2.53. The molecule has 3 saturated carbocycles. The molecule has 0 radical (unpaired) electrons. The van der Waals surface area contributed by atoms with E-state index >= 15 is 0 Å². The van der Waals surface area contributed by atoms with Crippen LogP contribution in [-0.4, -0.2) is 46.1 Å². The largest absolute Gasteiger partial charge is 0.480 e. The van der Waals surface area contributed by atoms with Crippen LogP contribution in [0.5, 0.6) is 0 Å². The zero-order chi connectivity index (χ0) is 25.9. The van der Waals surface area contributed by atoms with E-state index in [1.54, 1.807) is 12.1 Å². The number of nitrogens with zero attached hydrogens (tertiary/aromatic N) is 1. The zero-order valence-electron chi connectivity index (χ0n) is 21.5. The molecule has 3 amide bonds. The lowest BCUT2D eigenvalue weighted by molar-refractivity contribution is -0.139. The number of anilines is 1. The maximum atomic E-state index is 13.4. The number of amides is 3. The minimum absolute atomic E-state index is 0.0652. The Morgan fingerprint density at radius 2 is 1.81 bits per heavy atom. The topological polar surface area (TPSA) is 146 Å². The van der Waals surface area contributed by atoms with Crippen LogP contribution in [-0.2, 0) is 16.0 Å². The van der Waals surface area contributed by atoms with E-state index < -0.39 is 24.1 Å². The van der Waals surface area contributed by atoms with Crippen molar-refractivity contribution in [2.45, 2.75) is 96.2 Å². The van der Waals surface area contributed by atoms with Gasteiger partial charge in [0.15, 0.2) is 0 Å². The highest BCUT2D eigenvalue weighted by Crippen LogP contribution is 2.57. The quantitative estimate of drug-likeness (QED) is 0.352. The second-order valence-corrected chi connectivity index (χ2v) is 11.6. The lowest BCUT2D eigenvalue weighted by atomic mass is 9.81. The standard InChI is InChI=1S/C27H41N5O4/c1-27(2)18-9-10-19(27)20(14-18)30-24(33)21(12-16-6-4-3-5-7-16)31-26(36)32-22(25(34)35)13-17-8-11-23(28)29-15-17/h8,11,15-16,18-22H,3-7,9-10,12-14H2,1-2H3,(H2,28,29)(H,30,33)(H,34,35)(H2,31,32,36)/t18-,19?,20+,21-,22+/m1/s1. The van der Waals surface area contributed by atoms with Gasteiger partial charge in [-0.05, 0) is 60.5 Å². The van der Waals surface area contributed by atoms with Crippen LogP contribution in [0, 0.1) is 23.2 Å². The van der Waals surface area contributed by atoms with Gasteiger partial charge in [0.25, 0.3) is 0 Å². The number of nitrogens with one attached hydrogen (secondary N) is 3. The first kappa shape index (κ1) is 26.2. The van der Waals surface area contributed by atoms with Gasteiger partial charge in [0.2, 0.25) is 5.91 Å². The predicted octanol–water partition coefficient (Wildman–Crippen LogP) is 3.24. The van der Waals surface area contributed by atoms with Crippen LogP contribution < -0.4 is 21.7 Å². The summed E-state index contributed by atoms with van der Waals surface area (Å²) in [6.45, 7) is 4.60. The summed E-state index contributed by atoms with van der Waals surface area (Å²) >= 11 is 0. The molecule has 0 aromatic carbocycles. The van der Waals surface area contributed by atoms with Crippen LogP contribution >= 0.6 is 0 Å². The third-order valence-corrected chi connectivity index (χ3v) is 8.99. The van der Waals surface area contributed by atoms with Gasteiger partial charge >= 0.3 is 12.0 Å². The molecular formula is C27H41N5O4. The second-order valence-electron chi connectivity index (χ2n) is 11.6. The van der Waals surface area contributed by atoms with Crippen molar-refractivity contribution in [3.05, 3.63) is 23.9 Å². The van der Waals surface area contributed by atoms with E-state index in [-0.39, 0.29) is 23.8 Å². The van der Waals surface area contributed by atoms with Crippen molar-refractivity contribution in [2.24, 2.45) is 23.2 Å². The molecule has 5 atom stereocenters. The Balaban J connectivity index is 1.40. The molecular weight excluding hydrogens is 458 g/mol. The zero-order valence-corrected chi connectivity index (χ0v) is 21.5.